The molecule has 4 rings (SSSR count). The largest absolute Gasteiger partial charge is 0.462 e. The number of urea groups is 1. The highest BCUT2D eigenvalue weighted by molar-refractivity contribution is 6.18. The van der Waals surface area contributed by atoms with Gasteiger partial charge in [0, 0.05) is 35.4 Å². The van der Waals surface area contributed by atoms with Gasteiger partial charge in [-0.1, -0.05) is 36.4 Å². The number of ether oxygens (including phenoxy) is 1. The van der Waals surface area contributed by atoms with Crippen LogP contribution in [0.2, 0.25) is 0 Å². The molecule has 0 spiro atoms. The molecule has 2 amide bonds. The van der Waals surface area contributed by atoms with Gasteiger partial charge < -0.3 is 9.72 Å². The highest BCUT2D eigenvalue weighted by Crippen LogP contribution is 2.32. The standard InChI is InChI=1S/C26H29N3O3/c1-5-32-25(30)21-16-28(15-14-20-19-11-7-8-12-22(19)27-24(20)21)26(31)29(17(2)3)23-13-9-6-10-18(23)4/h6-13,16-17,27H,5,14-15H2,1-4H3. The Morgan fingerprint density at radius 1 is 1.12 bits per heavy atom. The zero-order valence-corrected chi connectivity index (χ0v) is 19.0. The maximum Gasteiger partial charge on any atom is 0.341 e. The van der Waals surface area contributed by atoms with Crippen molar-refractivity contribution in [2.75, 3.05) is 18.1 Å². The molecule has 0 saturated carbocycles. The van der Waals surface area contributed by atoms with Gasteiger partial charge in [-0.05, 0) is 57.4 Å². The molecular formula is C26H29N3O3. The zero-order valence-electron chi connectivity index (χ0n) is 19.0. The molecule has 2 aromatic carbocycles. The molecule has 166 valence electrons. The number of hydrogen-bond donors (Lipinski definition) is 1. The van der Waals surface area contributed by atoms with Crippen molar-refractivity contribution < 1.29 is 14.3 Å². The van der Waals surface area contributed by atoms with Crippen LogP contribution in [0.15, 0.2) is 54.7 Å². The van der Waals surface area contributed by atoms with E-state index in [1.807, 2.05) is 69.3 Å². The predicted molar refractivity (Wildman–Crippen MR) is 128 cm³/mol. The number of aromatic nitrogens is 1. The first-order chi connectivity index (χ1) is 15.4. The Kier molecular flexibility index (Phi) is 6.04. The summed E-state index contributed by atoms with van der Waals surface area (Å²) in [6.07, 6.45) is 2.28. The van der Waals surface area contributed by atoms with E-state index >= 15 is 0 Å². The van der Waals surface area contributed by atoms with Gasteiger partial charge in [0.2, 0.25) is 0 Å². The molecule has 32 heavy (non-hydrogen) atoms. The molecule has 3 aromatic rings. The van der Waals surface area contributed by atoms with E-state index in [-0.39, 0.29) is 18.7 Å². The summed E-state index contributed by atoms with van der Waals surface area (Å²) in [6, 6.07) is 15.6. The van der Waals surface area contributed by atoms with Gasteiger partial charge in [0.25, 0.3) is 0 Å². The Hall–Kier alpha value is -3.54. The highest BCUT2D eigenvalue weighted by atomic mass is 16.5. The van der Waals surface area contributed by atoms with Crippen LogP contribution in [0.5, 0.6) is 0 Å². The molecule has 0 bridgehead atoms. The third kappa shape index (κ3) is 3.88. The van der Waals surface area contributed by atoms with E-state index in [2.05, 4.69) is 4.98 Å². The summed E-state index contributed by atoms with van der Waals surface area (Å²) in [5, 5.41) is 1.06. The smallest absolute Gasteiger partial charge is 0.341 e. The maximum absolute atomic E-state index is 13.8. The van der Waals surface area contributed by atoms with Crippen LogP contribution in [-0.2, 0) is 16.0 Å². The average Bonchev–Trinajstić information content (AvgIpc) is 3.02. The van der Waals surface area contributed by atoms with Crippen molar-refractivity contribution in [3.63, 3.8) is 0 Å². The van der Waals surface area contributed by atoms with Crippen molar-refractivity contribution in [2.45, 2.75) is 40.2 Å². The van der Waals surface area contributed by atoms with Gasteiger partial charge in [-0.3, -0.25) is 9.80 Å². The molecule has 0 fully saturated rings. The molecule has 1 aliphatic heterocycles. The first kappa shape index (κ1) is 21.7. The first-order valence-corrected chi connectivity index (χ1v) is 11.1. The lowest BCUT2D eigenvalue weighted by Crippen LogP contribution is -2.45. The molecule has 1 N–H and O–H groups in total. The number of hydrogen-bond acceptors (Lipinski definition) is 3. The molecule has 1 aromatic heterocycles. The number of carbonyl (C=O) groups is 2. The van der Waals surface area contributed by atoms with Gasteiger partial charge in [-0.15, -0.1) is 0 Å². The van der Waals surface area contributed by atoms with E-state index in [1.165, 1.54) is 0 Å². The van der Waals surface area contributed by atoms with Crippen molar-refractivity contribution >= 4 is 34.2 Å². The molecule has 6 nitrogen and oxygen atoms in total. The molecule has 0 radical (unpaired) electrons. The van der Waals surface area contributed by atoms with Gasteiger partial charge in [0.15, 0.2) is 0 Å². The van der Waals surface area contributed by atoms with Crippen molar-refractivity contribution in [3.8, 4) is 0 Å². The Bertz CT molecular complexity index is 1190. The van der Waals surface area contributed by atoms with Crippen molar-refractivity contribution in [1.29, 1.82) is 0 Å². The molecule has 0 aliphatic carbocycles. The second-order valence-corrected chi connectivity index (χ2v) is 8.26. The molecule has 0 atom stereocenters. The summed E-state index contributed by atoms with van der Waals surface area (Å²) in [4.78, 5) is 33.5. The second kappa shape index (κ2) is 8.91. The lowest BCUT2D eigenvalue weighted by molar-refractivity contribution is -0.136. The Morgan fingerprint density at radius 2 is 1.84 bits per heavy atom. The van der Waals surface area contributed by atoms with Crippen LogP contribution in [0.1, 0.15) is 37.6 Å². The van der Waals surface area contributed by atoms with Crippen LogP contribution in [0.4, 0.5) is 10.5 Å². The van der Waals surface area contributed by atoms with E-state index in [0.29, 0.717) is 18.5 Å². The number of amides is 2. The van der Waals surface area contributed by atoms with Crippen molar-refractivity contribution in [3.05, 3.63) is 71.6 Å². The number of para-hydroxylation sites is 2. The number of anilines is 1. The summed E-state index contributed by atoms with van der Waals surface area (Å²) < 4.78 is 5.35. The fourth-order valence-corrected chi connectivity index (χ4v) is 4.30. The van der Waals surface area contributed by atoms with Gasteiger partial charge in [0.05, 0.1) is 17.9 Å². The Balaban J connectivity index is 1.79. The number of aromatic amines is 1. The Labute approximate surface area is 188 Å². The number of esters is 1. The summed E-state index contributed by atoms with van der Waals surface area (Å²) in [6.45, 7) is 8.50. The molecular weight excluding hydrogens is 402 g/mol. The van der Waals surface area contributed by atoms with Crippen LogP contribution in [0.3, 0.4) is 0 Å². The van der Waals surface area contributed by atoms with Gasteiger partial charge in [-0.2, -0.15) is 0 Å². The van der Waals surface area contributed by atoms with Crippen molar-refractivity contribution in [1.82, 2.24) is 9.88 Å². The highest BCUT2D eigenvalue weighted by Gasteiger charge is 2.30. The fraction of sp³-hybridized carbons (Fsp3) is 0.308. The van der Waals surface area contributed by atoms with Gasteiger partial charge in [-0.25, -0.2) is 9.59 Å². The zero-order chi connectivity index (χ0) is 22.8. The van der Waals surface area contributed by atoms with E-state index in [1.54, 1.807) is 22.9 Å². The van der Waals surface area contributed by atoms with E-state index < -0.39 is 5.97 Å². The number of nitrogens with zero attached hydrogens (tertiary/aromatic N) is 2. The predicted octanol–water partition coefficient (Wildman–Crippen LogP) is 5.27. The summed E-state index contributed by atoms with van der Waals surface area (Å²) in [7, 11) is 0. The van der Waals surface area contributed by atoms with E-state index in [0.717, 1.165) is 33.4 Å². The monoisotopic (exact) mass is 431 g/mol. The van der Waals surface area contributed by atoms with E-state index in [9.17, 15) is 9.59 Å². The van der Waals surface area contributed by atoms with Crippen LogP contribution < -0.4 is 4.90 Å². The third-order valence-electron chi connectivity index (χ3n) is 5.81. The minimum absolute atomic E-state index is 0.0510. The number of H-pyrrole nitrogens is 1. The van der Waals surface area contributed by atoms with Crippen LogP contribution in [0.25, 0.3) is 16.5 Å². The number of carbonyl (C=O) groups excluding carboxylic acids is 2. The summed E-state index contributed by atoms with van der Waals surface area (Å²) in [5.41, 5.74) is 4.99. The normalized spacial score (nSPS) is 13.5. The SMILES string of the molecule is CCOC(=O)C1=CN(C(=O)N(c2ccccc2C)C(C)C)CCc2c1[nH]c1ccccc21. The number of benzene rings is 2. The van der Waals surface area contributed by atoms with Crippen molar-refractivity contribution in [2.24, 2.45) is 0 Å². The lowest BCUT2D eigenvalue weighted by atomic mass is 10.0. The lowest BCUT2D eigenvalue weighted by Gasteiger charge is -2.32. The van der Waals surface area contributed by atoms with Crippen LogP contribution >= 0.6 is 0 Å². The molecule has 0 unspecified atom stereocenters. The number of rotatable bonds is 4. The number of aryl methyl sites for hydroxylation is 1. The minimum atomic E-state index is -0.438. The molecule has 2 heterocycles. The molecule has 1 aliphatic rings. The van der Waals surface area contributed by atoms with E-state index in [4.69, 9.17) is 4.74 Å². The number of nitrogens with one attached hydrogen (secondary N) is 1. The average molecular weight is 432 g/mol. The molecule has 6 heteroatoms. The fourth-order valence-electron chi connectivity index (χ4n) is 4.30. The minimum Gasteiger partial charge on any atom is -0.462 e. The quantitative estimate of drug-likeness (QED) is 0.572. The summed E-state index contributed by atoms with van der Waals surface area (Å²) in [5.74, 6) is -0.438. The maximum atomic E-state index is 13.8. The second-order valence-electron chi connectivity index (χ2n) is 8.26. The first-order valence-electron chi connectivity index (χ1n) is 11.1. The topological polar surface area (TPSA) is 65.6 Å². The third-order valence-corrected chi connectivity index (χ3v) is 5.81. The number of fused-ring (bicyclic) bond motifs is 3. The van der Waals surface area contributed by atoms with Crippen LogP contribution in [-0.4, -0.2) is 41.1 Å². The van der Waals surface area contributed by atoms with Crippen LogP contribution in [0, 0.1) is 6.92 Å². The van der Waals surface area contributed by atoms with Gasteiger partial charge in [0.1, 0.15) is 0 Å². The Morgan fingerprint density at radius 3 is 2.56 bits per heavy atom. The molecule has 0 saturated heterocycles. The van der Waals surface area contributed by atoms with Gasteiger partial charge >= 0.3 is 12.0 Å². The summed E-state index contributed by atoms with van der Waals surface area (Å²) >= 11 is 0.